The van der Waals surface area contributed by atoms with Gasteiger partial charge in [-0.3, -0.25) is 0 Å². The van der Waals surface area contributed by atoms with Gasteiger partial charge in [-0.2, -0.15) is 0 Å². The van der Waals surface area contributed by atoms with E-state index in [0.29, 0.717) is 6.42 Å². The molecule has 0 aliphatic heterocycles. The smallest absolute Gasteiger partial charge is 0.405 e. The van der Waals surface area contributed by atoms with Gasteiger partial charge in [-0.15, -0.1) is 0 Å². The summed E-state index contributed by atoms with van der Waals surface area (Å²) in [5.41, 5.74) is 4.94. The first-order valence-electron chi connectivity index (χ1n) is 5.12. The summed E-state index contributed by atoms with van der Waals surface area (Å²) in [7, 11) is 0. The second-order valence-corrected chi connectivity index (χ2v) is 4.23. The summed E-state index contributed by atoms with van der Waals surface area (Å²) in [6.07, 6.45) is -1.25. The first-order valence-corrected chi connectivity index (χ1v) is 5.12. The van der Waals surface area contributed by atoms with Crippen molar-refractivity contribution in [1.82, 2.24) is 0 Å². The molecule has 0 bridgehead atoms. The Morgan fingerprint density at radius 1 is 1.44 bits per heavy atom. The standard InChI is InChI=1S/C12H17NO3/c1-12(2,16-11(13)15)10(14)8-9-6-4-3-5-7-9/h3-7,10,14H,8H2,1-2H3,(H2,13,15). The highest BCUT2D eigenvalue weighted by Gasteiger charge is 2.31. The van der Waals surface area contributed by atoms with E-state index in [-0.39, 0.29) is 0 Å². The summed E-state index contributed by atoms with van der Waals surface area (Å²) < 4.78 is 4.86. The molecular weight excluding hydrogens is 206 g/mol. The van der Waals surface area contributed by atoms with Crippen molar-refractivity contribution in [3.63, 3.8) is 0 Å². The number of nitrogens with two attached hydrogens (primary N) is 1. The second-order valence-electron chi connectivity index (χ2n) is 4.23. The molecule has 88 valence electrons. The Bertz CT molecular complexity index is 349. The van der Waals surface area contributed by atoms with Gasteiger partial charge in [-0.25, -0.2) is 4.79 Å². The molecule has 1 atom stereocenters. The van der Waals surface area contributed by atoms with Gasteiger partial charge in [0.2, 0.25) is 0 Å². The fraction of sp³-hybridized carbons (Fsp3) is 0.417. The molecule has 0 saturated heterocycles. The van der Waals surface area contributed by atoms with Crippen LogP contribution in [0.1, 0.15) is 19.4 Å². The number of hydrogen-bond donors (Lipinski definition) is 2. The summed E-state index contributed by atoms with van der Waals surface area (Å²) in [5, 5.41) is 9.95. The van der Waals surface area contributed by atoms with Crippen molar-refractivity contribution < 1.29 is 14.6 Å². The van der Waals surface area contributed by atoms with Crippen molar-refractivity contribution in [2.24, 2.45) is 5.73 Å². The molecule has 1 rings (SSSR count). The first kappa shape index (κ1) is 12.5. The number of rotatable bonds is 4. The van der Waals surface area contributed by atoms with E-state index in [4.69, 9.17) is 10.5 Å². The number of ether oxygens (including phenoxy) is 1. The maximum Gasteiger partial charge on any atom is 0.405 e. The van der Waals surface area contributed by atoms with Gasteiger partial charge in [-0.05, 0) is 19.4 Å². The van der Waals surface area contributed by atoms with E-state index in [9.17, 15) is 9.90 Å². The number of carbonyl (C=O) groups is 1. The van der Waals surface area contributed by atoms with Gasteiger partial charge in [0.05, 0.1) is 6.10 Å². The van der Waals surface area contributed by atoms with Crippen LogP contribution in [0, 0.1) is 0 Å². The number of primary amides is 1. The van der Waals surface area contributed by atoms with Gasteiger partial charge in [-0.1, -0.05) is 30.3 Å². The molecule has 0 radical (unpaired) electrons. The molecule has 0 heterocycles. The predicted octanol–water partition coefficient (Wildman–Crippen LogP) is 1.46. The van der Waals surface area contributed by atoms with Crippen LogP contribution in [0.5, 0.6) is 0 Å². The van der Waals surface area contributed by atoms with Crippen LogP contribution in [-0.2, 0) is 11.2 Å². The summed E-state index contributed by atoms with van der Waals surface area (Å²) >= 11 is 0. The molecular formula is C12H17NO3. The van der Waals surface area contributed by atoms with Crippen LogP contribution < -0.4 is 5.73 Å². The molecule has 1 amide bonds. The second kappa shape index (κ2) is 4.99. The maximum atomic E-state index is 10.7. The van der Waals surface area contributed by atoms with Crippen LogP contribution in [-0.4, -0.2) is 22.9 Å². The first-order chi connectivity index (χ1) is 7.42. The monoisotopic (exact) mass is 223 g/mol. The van der Waals surface area contributed by atoms with Crippen LogP contribution in [0.15, 0.2) is 30.3 Å². The Labute approximate surface area is 95.0 Å². The SMILES string of the molecule is CC(C)(OC(N)=O)C(O)Cc1ccccc1. The molecule has 0 saturated carbocycles. The highest BCUT2D eigenvalue weighted by Crippen LogP contribution is 2.18. The van der Waals surface area contributed by atoms with Crippen LogP contribution in [0.4, 0.5) is 4.79 Å². The number of aliphatic hydroxyl groups excluding tert-OH is 1. The molecule has 16 heavy (non-hydrogen) atoms. The summed E-state index contributed by atoms with van der Waals surface area (Å²) in [6, 6.07) is 9.50. The minimum Gasteiger partial charge on any atom is -0.441 e. The van der Waals surface area contributed by atoms with Crippen LogP contribution in [0.2, 0.25) is 0 Å². The number of hydrogen-bond acceptors (Lipinski definition) is 3. The van der Waals surface area contributed by atoms with Gasteiger partial charge >= 0.3 is 6.09 Å². The Morgan fingerprint density at radius 3 is 2.50 bits per heavy atom. The van der Waals surface area contributed by atoms with E-state index in [0.717, 1.165) is 5.56 Å². The zero-order valence-corrected chi connectivity index (χ0v) is 9.51. The fourth-order valence-corrected chi connectivity index (χ4v) is 1.41. The Hall–Kier alpha value is -1.55. The van der Waals surface area contributed by atoms with Gasteiger partial charge in [0.1, 0.15) is 5.60 Å². The molecule has 0 aliphatic rings. The summed E-state index contributed by atoms with van der Waals surface area (Å²) in [6.45, 7) is 3.26. The molecule has 1 aromatic carbocycles. The van der Waals surface area contributed by atoms with E-state index < -0.39 is 17.8 Å². The maximum absolute atomic E-state index is 10.7. The Kier molecular flexibility index (Phi) is 3.90. The molecule has 4 nitrogen and oxygen atoms in total. The van der Waals surface area contributed by atoms with E-state index in [1.54, 1.807) is 13.8 Å². The third-order valence-corrected chi connectivity index (χ3v) is 2.44. The minimum absolute atomic E-state index is 0.418. The molecule has 0 aliphatic carbocycles. The highest BCUT2D eigenvalue weighted by atomic mass is 16.6. The Morgan fingerprint density at radius 2 is 2.00 bits per heavy atom. The van der Waals surface area contributed by atoms with Gasteiger partial charge < -0.3 is 15.6 Å². The fourth-order valence-electron chi connectivity index (χ4n) is 1.41. The zero-order valence-electron chi connectivity index (χ0n) is 9.51. The van der Waals surface area contributed by atoms with Gasteiger partial charge in [0.25, 0.3) is 0 Å². The highest BCUT2D eigenvalue weighted by molar-refractivity contribution is 5.65. The molecule has 1 unspecified atom stereocenters. The quantitative estimate of drug-likeness (QED) is 0.811. The lowest BCUT2D eigenvalue weighted by Crippen LogP contribution is -2.43. The number of amides is 1. The third kappa shape index (κ3) is 3.55. The van der Waals surface area contributed by atoms with Crippen LogP contribution in [0.25, 0.3) is 0 Å². The molecule has 3 N–H and O–H groups in total. The lowest BCUT2D eigenvalue weighted by Gasteiger charge is -2.29. The van der Waals surface area contributed by atoms with E-state index >= 15 is 0 Å². The van der Waals surface area contributed by atoms with Crippen molar-refractivity contribution >= 4 is 6.09 Å². The largest absolute Gasteiger partial charge is 0.441 e. The number of carbonyl (C=O) groups excluding carboxylic acids is 1. The summed E-state index contributed by atoms with van der Waals surface area (Å²) in [4.78, 5) is 10.7. The minimum atomic E-state index is -0.984. The molecule has 0 spiro atoms. The average Bonchev–Trinajstić information content (AvgIpc) is 2.17. The topological polar surface area (TPSA) is 72.5 Å². The molecule has 4 heteroatoms. The lowest BCUT2D eigenvalue weighted by molar-refractivity contribution is -0.0540. The van der Waals surface area contributed by atoms with Gasteiger partial charge in [0.15, 0.2) is 0 Å². The van der Waals surface area contributed by atoms with Gasteiger partial charge in [0, 0.05) is 6.42 Å². The van der Waals surface area contributed by atoms with Crippen LogP contribution in [0.3, 0.4) is 0 Å². The van der Waals surface area contributed by atoms with Crippen molar-refractivity contribution in [3.8, 4) is 0 Å². The van der Waals surface area contributed by atoms with Crippen molar-refractivity contribution in [2.75, 3.05) is 0 Å². The number of benzene rings is 1. The van der Waals surface area contributed by atoms with Crippen LogP contribution >= 0.6 is 0 Å². The number of aliphatic hydroxyl groups is 1. The zero-order chi connectivity index (χ0) is 12.2. The molecule has 1 aromatic rings. The molecule has 0 aromatic heterocycles. The van der Waals surface area contributed by atoms with E-state index in [2.05, 4.69) is 0 Å². The normalized spacial score (nSPS) is 13.2. The Balaban J connectivity index is 2.64. The van der Waals surface area contributed by atoms with E-state index in [1.807, 2.05) is 30.3 Å². The predicted molar refractivity (Wildman–Crippen MR) is 60.9 cm³/mol. The lowest BCUT2D eigenvalue weighted by atomic mass is 9.95. The van der Waals surface area contributed by atoms with E-state index in [1.165, 1.54) is 0 Å². The van der Waals surface area contributed by atoms with Crippen molar-refractivity contribution in [3.05, 3.63) is 35.9 Å². The van der Waals surface area contributed by atoms with Crippen molar-refractivity contribution in [2.45, 2.75) is 32.0 Å². The molecule has 0 fully saturated rings. The van der Waals surface area contributed by atoms with Crippen molar-refractivity contribution in [1.29, 1.82) is 0 Å². The summed E-state index contributed by atoms with van der Waals surface area (Å²) in [5.74, 6) is 0. The third-order valence-electron chi connectivity index (χ3n) is 2.44. The average molecular weight is 223 g/mol.